The molecule has 25 heavy (non-hydrogen) atoms. The number of aryl methyl sites for hydroxylation is 1. The molecule has 0 aliphatic heterocycles. The van der Waals surface area contributed by atoms with Gasteiger partial charge in [0.05, 0.1) is 16.7 Å². The molecule has 0 radical (unpaired) electrons. The van der Waals surface area contributed by atoms with Crippen molar-refractivity contribution in [2.75, 3.05) is 0 Å². The van der Waals surface area contributed by atoms with Gasteiger partial charge in [-0.3, -0.25) is 4.79 Å². The normalized spacial score (nSPS) is 11.4. The van der Waals surface area contributed by atoms with Crippen LogP contribution in [-0.2, 0) is 6.54 Å². The molecular formula is C20H18ClN3O. The summed E-state index contributed by atoms with van der Waals surface area (Å²) in [5.41, 5.74) is 3.42. The highest BCUT2D eigenvalue weighted by Crippen LogP contribution is 2.23. The van der Waals surface area contributed by atoms with Gasteiger partial charge in [-0.15, -0.1) is 0 Å². The van der Waals surface area contributed by atoms with Gasteiger partial charge in [0.15, 0.2) is 0 Å². The van der Waals surface area contributed by atoms with E-state index in [4.69, 9.17) is 16.6 Å². The van der Waals surface area contributed by atoms with Crippen LogP contribution in [0.5, 0.6) is 0 Å². The second-order valence-electron chi connectivity index (χ2n) is 6.12. The average molecular weight is 352 g/mol. The largest absolute Gasteiger partial charge is 0.310 e. The molecule has 126 valence electrons. The van der Waals surface area contributed by atoms with Gasteiger partial charge in [-0.25, -0.2) is 9.38 Å². The monoisotopic (exact) mass is 351 g/mol. The van der Waals surface area contributed by atoms with Crippen molar-refractivity contribution in [3.05, 3.63) is 70.0 Å². The fourth-order valence-corrected chi connectivity index (χ4v) is 3.30. The van der Waals surface area contributed by atoms with Gasteiger partial charge >= 0.3 is 0 Å². The Kier molecular flexibility index (Phi) is 4.06. The molecule has 2 aromatic carbocycles. The van der Waals surface area contributed by atoms with Crippen LogP contribution in [0.3, 0.4) is 0 Å². The number of hydrogen-bond acceptors (Lipinski definition) is 2. The number of benzene rings is 2. The Morgan fingerprint density at radius 2 is 1.76 bits per heavy atom. The maximum absolute atomic E-state index is 12.8. The Morgan fingerprint density at radius 3 is 2.48 bits per heavy atom. The maximum atomic E-state index is 12.8. The van der Waals surface area contributed by atoms with Gasteiger partial charge in [0.25, 0.3) is 5.56 Å². The molecule has 0 fully saturated rings. The van der Waals surface area contributed by atoms with E-state index in [2.05, 4.69) is 11.5 Å². The molecular weight excluding hydrogens is 334 g/mol. The minimum absolute atomic E-state index is 0.0681. The highest BCUT2D eigenvalue weighted by Gasteiger charge is 2.14. The third-order valence-electron chi connectivity index (χ3n) is 4.43. The van der Waals surface area contributed by atoms with E-state index >= 15 is 0 Å². The van der Waals surface area contributed by atoms with Gasteiger partial charge in [-0.1, -0.05) is 49.2 Å². The average Bonchev–Trinajstić information content (AvgIpc) is 2.94. The number of hydrogen-bond donors (Lipinski definition) is 0. The van der Waals surface area contributed by atoms with E-state index in [-0.39, 0.29) is 5.56 Å². The molecule has 4 aromatic rings. The second kappa shape index (κ2) is 6.37. The lowest BCUT2D eigenvalue weighted by Crippen LogP contribution is -2.14. The first-order chi connectivity index (χ1) is 12.2. The SMILES string of the molecule is CCCCn1c2ccccc2n2c(=O)cc(-c3ccc(Cl)cc3)nc12. The molecule has 2 aromatic heterocycles. The first-order valence-electron chi connectivity index (χ1n) is 8.46. The van der Waals surface area contributed by atoms with Gasteiger partial charge in [0, 0.05) is 23.2 Å². The van der Waals surface area contributed by atoms with E-state index in [9.17, 15) is 4.79 Å². The molecule has 0 atom stereocenters. The third kappa shape index (κ3) is 2.72. The fourth-order valence-electron chi connectivity index (χ4n) is 3.17. The van der Waals surface area contributed by atoms with Crippen molar-refractivity contribution < 1.29 is 0 Å². The Bertz CT molecular complexity index is 1110. The Hall–Kier alpha value is -2.59. The highest BCUT2D eigenvalue weighted by atomic mass is 35.5. The minimum Gasteiger partial charge on any atom is -0.310 e. The molecule has 0 aliphatic carbocycles. The lowest BCUT2D eigenvalue weighted by Gasteiger charge is -2.06. The molecule has 0 N–H and O–H groups in total. The lowest BCUT2D eigenvalue weighted by atomic mass is 10.1. The van der Waals surface area contributed by atoms with Crippen LogP contribution in [0.2, 0.25) is 5.02 Å². The number of aromatic nitrogens is 3. The van der Waals surface area contributed by atoms with Crippen LogP contribution in [0.1, 0.15) is 19.8 Å². The summed E-state index contributed by atoms with van der Waals surface area (Å²) in [5, 5.41) is 0.665. The van der Waals surface area contributed by atoms with E-state index in [0.29, 0.717) is 16.5 Å². The number of fused-ring (bicyclic) bond motifs is 3. The summed E-state index contributed by atoms with van der Waals surface area (Å²) >= 11 is 5.97. The van der Waals surface area contributed by atoms with E-state index in [0.717, 1.165) is 36.0 Å². The van der Waals surface area contributed by atoms with Crippen LogP contribution < -0.4 is 5.56 Å². The van der Waals surface area contributed by atoms with E-state index < -0.39 is 0 Å². The topological polar surface area (TPSA) is 39.3 Å². The predicted molar refractivity (Wildman–Crippen MR) is 102 cm³/mol. The summed E-state index contributed by atoms with van der Waals surface area (Å²) in [4.78, 5) is 17.6. The molecule has 5 heteroatoms. The van der Waals surface area contributed by atoms with E-state index in [1.165, 1.54) is 0 Å². The number of imidazole rings is 1. The smallest absolute Gasteiger partial charge is 0.260 e. The lowest BCUT2D eigenvalue weighted by molar-refractivity contribution is 0.655. The molecule has 4 nitrogen and oxygen atoms in total. The molecule has 2 heterocycles. The van der Waals surface area contributed by atoms with Crippen molar-refractivity contribution in [1.82, 2.24) is 14.0 Å². The maximum Gasteiger partial charge on any atom is 0.260 e. The van der Waals surface area contributed by atoms with Gasteiger partial charge in [0.2, 0.25) is 5.78 Å². The molecule has 0 bridgehead atoms. The molecule has 0 unspecified atom stereocenters. The predicted octanol–water partition coefficient (Wildman–Crippen LogP) is 4.77. The number of rotatable bonds is 4. The quantitative estimate of drug-likeness (QED) is 0.531. The Labute approximate surface area is 150 Å². The van der Waals surface area contributed by atoms with Crippen molar-refractivity contribution in [3.8, 4) is 11.3 Å². The molecule has 0 saturated carbocycles. The molecule has 4 rings (SSSR count). The van der Waals surface area contributed by atoms with Crippen LogP contribution in [0.25, 0.3) is 28.1 Å². The Morgan fingerprint density at radius 1 is 1.04 bits per heavy atom. The summed E-state index contributed by atoms with van der Waals surface area (Å²) in [6.07, 6.45) is 2.12. The Balaban J connectivity index is 2.02. The number of para-hydroxylation sites is 2. The molecule has 0 spiro atoms. The van der Waals surface area contributed by atoms with Gasteiger partial charge in [-0.2, -0.15) is 0 Å². The van der Waals surface area contributed by atoms with Crippen LogP contribution in [0, 0.1) is 0 Å². The standard InChI is InChI=1S/C20H18ClN3O/c1-2-3-12-23-17-6-4-5-7-18(17)24-19(25)13-16(22-20(23)24)14-8-10-15(21)11-9-14/h4-11,13H,2-3,12H2,1H3. The fraction of sp³-hybridized carbons (Fsp3) is 0.200. The van der Waals surface area contributed by atoms with Crippen molar-refractivity contribution in [1.29, 1.82) is 0 Å². The zero-order valence-corrected chi connectivity index (χ0v) is 14.7. The zero-order chi connectivity index (χ0) is 17.4. The second-order valence-corrected chi connectivity index (χ2v) is 6.55. The van der Waals surface area contributed by atoms with Crippen LogP contribution >= 0.6 is 11.6 Å². The summed E-state index contributed by atoms with van der Waals surface area (Å²) < 4.78 is 3.84. The third-order valence-corrected chi connectivity index (χ3v) is 4.68. The minimum atomic E-state index is -0.0681. The van der Waals surface area contributed by atoms with Gasteiger partial charge in [0.1, 0.15) is 0 Å². The highest BCUT2D eigenvalue weighted by molar-refractivity contribution is 6.30. The summed E-state index contributed by atoms with van der Waals surface area (Å²) in [7, 11) is 0. The summed E-state index contributed by atoms with van der Waals surface area (Å²) in [6, 6.07) is 16.9. The van der Waals surface area contributed by atoms with Crippen molar-refractivity contribution in [3.63, 3.8) is 0 Å². The molecule has 0 amide bonds. The van der Waals surface area contributed by atoms with Crippen molar-refractivity contribution >= 4 is 28.4 Å². The van der Waals surface area contributed by atoms with Crippen LogP contribution in [0.4, 0.5) is 0 Å². The number of nitrogens with zero attached hydrogens (tertiary/aromatic N) is 3. The summed E-state index contributed by atoms with van der Waals surface area (Å²) in [6.45, 7) is 3.00. The van der Waals surface area contributed by atoms with Crippen molar-refractivity contribution in [2.24, 2.45) is 0 Å². The van der Waals surface area contributed by atoms with Crippen LogP contribution in [-0.4, -0.2) is 14.0 Å². The molecule has 0 saturated heterocycles. The zero-order valence-electron chi connectivity index (χ0n) is 13.9. The summed E-state index contributed by atoms with van der Waals surface area (Å²) in [5.74, 6) is 0.687. The number of unbranched alkanes of at least 4 members (excludes halogenated alkanes) is 1. The van der Waals surface area contributed by atoms with Crippen LogP contribution in [0.15, 0.2) is 59.4 Å². The first-order valence-corrected chi connectivity index (χ1v) is 8.84. The van der Waals surface area contributed by atoms with Gasteiger partial charge < -0.3 is 4.57 Å². The van der Waals surface area contributed by atoms with E-state index in [1.807, 2.05) is 48.5 Å². The number of halogens is 1. The van der Waals surface area contributed by atoms with Gasteiger partial charge in [-0.05, 0) is 30.7 Å². The molecule has 0 aliphatic rings. The van der Waals surface area contributed by atoms with Crippen molar-refractivity contribution in [2.45, 2.75) is 26.3 Å². The van der Waals surface area contributed by atoms with E-state index in [1.54, 1.807) is 10.5 Å². The first kappa shape index (κ1) is 15.9.